The maximum Gasteiger partial charge on any atom is 0.323 e. The molecule has 0 atom stereocenters. The van der Waals surface area contributed by atoms with Crippen LogP contribution in [0, 0.1) is 19.7 Å². The number of rotatable bonds is 6. The van der Waals surface area contributed by atoms with E-state index in [-0.39, 0.29) is 24.8 Å². The van der Waals surface area contributed by atoms with Gasteiger partial charge in [-0.2, -0.15) is 0 Å². The van der Waals surface area contributed by atoms with E-state index >= 15 is 0 Å². The van der Waals surface area contributed by atoms with Gasteiger partial charge in [0.1, 0.15) is 12.4 Å². The van der Waals surface area contributed by atoms with E-state index in [4.69, 9.17) is 4.52 Å². The first-order valence-corrected chi connectivity index (χ1v) is 9.85. The van der Waals surface area contributed by atoms with Crippen LogP contribution in [-0.2, 0) is 22.7 Å². The molecule has 0 bridgehead atoms. The van der Waals surface area contributed by atoms with Gasteiger partial charge in [-0.15, -0.1) is 0 Å². The first kappa shape index (κ1) is 20.8. The second-order valence-electron chi connectivity index (χ2n) is 7.81. The molecule has 0 aliphatic carbocycles. The third-order valence-corrected chi connectivity index (χ3v) is 5.62. The normalized spacial score (nSPS) is 13.4. The van der Waals surface area contributed by atoms with Crippen LogP contribution in [-0.4, -0.2) is 52.3 Å². The zero-order valence-corrected chi connectivity index (χ0v) is 17.6. The summed E-state index contributed by atoms with van der Waals surface area (Å²) in [5, 5.41) is 17.5. The highest BCUT2D eigenvalue weighted by Gasteiger charge is 2.27. The zero-order chi connectivity index (χ0) is 22.3. The molecule has 8 nitrogen and oxygen atoms in total. The molecule has 0 fully saturated rings. The van der Waals surface area contributed by atoms with Gasteiger partial charge in [0.05, 0.1) is 12.2 Å². The number of carboxylic acids is 1. The quantitative estimate of drug-likeness (QED) is 0.648. The lowest BCUT2D eigenvalue weighted by atomic mass is 10.1. The summed E-state index contributed by atoms with van der Waals surface area (Å²) < 4.78 is 18.8. The molecule has 2 aromatic carbocycles. The van der Waals surface area contributed by atoms with Gasteiger partial charge in [0, 0.05) is 37.3 Å². The van der Waals surface area contributed by atoms with Crippen LogP contribution in [0.5, 0.6) is 0 Å². The standard InChI is InChI=1S/C22H23FN4O4/c1-13-6-18-14(2)24-31-20(18)8-19(13)26(12-22(29)30)11-21(28)25(3)27-9-15-4-5-17(23)7-16(15)10-27/h4-8H,9-12H2,1-3H3,(H,29,30). The van der Waals surface area contributed by atoms with E-state index in [1.54, 1.807) is 24.2 Å². The molecule has 9 heteroatoms. The lowest BCUT2D eigenvalue weighted by molar-refractivity contribution is -0.145. The second kappa shape index (κ2) is 7.99. The van der Waals surface area contributed by atoms with Crippen molar-refractivity contribution in [3.63, 3.8) is 0 Å². The fraction of sp³-hybridized carbons (Fsp3) is 0.318. The summed E-state index contributed by atoms with van der Waals surface area (Å²) in [4.78, 5) is 26.0. The number of hydrazine groups is 1. The summed E-state index contributed by atoms with van der Waals surface area (Å²) in [6.45, 7) is 4.11. The second-order valence-corrected chi connectivity index (χ2v) is 7.81. The Morgan fingerprint density at radius 1 is 1.16 bits per heavy atom. The van der Waals surface area contributed by atoms with Crippen molar-refractivity contribution in [2.45, 2.75) is 26.9 Å². The number of aryl methyl sites for hydroxylation is 2. The Morgan fingerprint density at radius 2 is 1.90 bits per heavy atom. The van der Waals surface area contributed by atoms with E-state index < -0.39 is 5.97 Å². The molecule has 4 rings (SSSR count). The molecule has 0 radical (unpaired) electrons. The molecule has 0 spiro atoms. The number of hydrogen-bond donors (Lipinski definition) is 1. The Balaban J connectivity index is 1.55. The van der Waals surface area contributed by atoms with Crippen LogP contribution in [0.1, 0.15) is 22.4 Å². The molecule has 0 saturated carbocycles. The van der Waals surface area contributed by atoms with Crippen molar-refractivity contribution in [2.24, 2.45) is 0 Å². The predicted molar refractivity (Wildman–Crippen MR) is 112 cm³/mol. The number of benzene rings is 2. The molecule has 31 heavy (non-hydrogen) atoms. The fourth-order valence-electron chi connectivity index (χ4n) is 3.91. The highest BCUT2D eigenvalue weighted by Crippen LogP contribution is 2.29. The summed E-state index contributed by atoms with van der Waals surface area (Å²) >= 11 is 0. The monoisotopic (exact) mass is 426 g/mol. The number of nitrogens with zero attached hydrogens (tertiary/aromatic N) is 4. The zero-order valence-electron chi connectivity index (χ0n) is 17.6. The van der Waals surface area contributed by atoms with Gasteiger partial charge in [0.25, 0.3) is 5.91 Å². The molecule has 0 saturated heterocycles. The van der Waals surface area contributed by atoms with Crippen LogP contribution in [0.2, 0.25) is 0 Å². The number of halogens is 1. The van der Waals surface area contributed by atoms with Crippen molar-refractivity contribution < 1.29 is 23.6 Å². The van der Waals surface area contributed by atoms with Crippen molar-refractivity contribution in [3.8, 4) is 0 Å². The minimum atomic E-state index is -1.05. The van der Waals surface area contributed by atoms with E-state index in [0.29, 0.717) is 24.4 Å². The lowest BCUT2D eigenvalue weighted by Crippen LogP contribution is -2.47. The number of carbonyl (C=O) groups excluding carboxylic acids is 1. The summed E-state index contributed by atoms with van der Waals surface area (Å²) in [5.74, 6) is -1.63. The van der Waals surface area contributed by atoms with Gasteiger partial charge < -0.3 is 14.5 Å². The third-order valence-electron chi connectivity index (χ3n) is 5.62. The number of fused-ring (bicyclic) bond motifs is 2. The average molecular weight is 426 g/mol. The fourth-order valence-corrected chi connectivity index (χ4v) is 3.91. The highest BCUT2D eigenvalue weighted by molar-refractivity contribution is 5.88. The number of aliphatic carboxylic acids is 1. The Hall–Kier alpha value is -3.46. The Morgan fingerprint density at radius 3 is 2.65 bits per heavy atom. The van der Waals surface area contributed by atoms with E-state index in [2.05, 4.69) is 5.16 Å². The molecule has 1 aliphatic heterocycles. The molecular weight excluding hydrogens is 403 g/mol. The number of carboxylic acid groups (broad SMARTS) is 1. The van der Waals surface area contributed by atoms with Gasteiger partial charge in [0.15, 0.2) is 5.58 Å². The maximum atomic E-state index is 13.5. The van der Waals surface area contributed by atoms with Gasteiger partial charge in [-0.25, -0.2) is 9.40 Å². The summed E-state index contributed by atoms with van der Waals surface area (Å²) in [5.41, 5.74) is 4.50. The first-order valence-electron chi connectivity index (χ1n) is 9.85. The molecule has 0 unspecified atom stereocenters. The average Bonchev–Trinajstić information content (AvgIpc) is 3.29. The SMILES string of the molecule is Cc1cc2c(C)noc2cc1N(CC(=O)O)CC(=O)N(C)N1Cc2ccc(F)cc2C1. The summed E-state index contributed by atoms with van der Waals surface area (Å²) in [7, 11) is 1.64. The number of hydrogen-bond acceptors (Lipinski definition) is 6. The van der Waals surface area contributed by atoms with Gasteiger partial charge in [-0.3, -0.25) is 14.6 Å². The molecule has 162 valence electrons. The van der Waals surface area contributed by atoms with Crippen LogP contribution in [0.4, 0.5) is 10.1 Å². The molecule has 1 N–H and O–H groups in total. The van der Waals surface area contributed by atoms with E-state index in [0.717, 1.165) is 27.8 Å². The Labute approximate surface area is 178 Å². The summed E-state index contributed by atoms with van der Waals surface area (Å²) in [6.07, 6.45) is 0. The number of amides is 1. The van der Waals surface area contributed by atoms with Crippen molar-refractivity contribution in [1.29, 1.82) is 0 Å². The minimum Gasteiger partial charge on any atom is -0.480 e. The van der Waals surface area contributed by atoms with Gasteiger partial charge >= 0.3 is 5.97 Å². The predicted octanol–water partition coefficient (Wildman–Crippen LogP) is 2.86. The Kier molecular flexibility index (Phi) is 5.36. The topological polar surface area (TPSA) is 90.1 Å². The third kappa shape index (κ3) is 4.09. The van der Waals surface area contributed by atoms with Crippen molar-refractivity contribution in [2.75, 3.05) is 25.0 Å². The smallest absolute Gasteiger partial charge is 0.323 e. The molecule has 2 heterocycles. The Bertz CT molecular complexity index is 1180. The molecule has 1 amide bonds. The van der Waals surface area contributed by atoms with Gasteiger partial charge in [-0.1, -0.05) is 11.2 Å². The van der Waals surface area contributed by atoms with Crippen molar-refractivity contribution in [3.05, 3.63) is 58.5 Å². The van der Waals surface area contributed by atoms with Crippen LogP contribution in [0.3, 0.4) is 0 Å². The van der Waals surface area contributed by atoms with E-state index in [1.807, 2.05) is 19.9 Å². The van der Waals surface area contributed by atoms with Crippen LogP contribution in [0.15, 0.2) is 34.9 Å². The van der Waals surface area contributed by atoms with Crippen molar-refractivity contribution >= 4 is 28.5 Å². The summed E-state index contributed by atoms with van der Waals surface area (Å²) in [6, 6.07) is 8.20. The van der Waals surface area contributed by atoms with Crippen LogP contribution in [0.25, 0.3) is 11.0 Å². The molecule has 1 aromatic heterocycles. The van der Waals surface area contributed by atoms with Crippen LogP contribution >= 0.6 is 0 Å². The highest BCUT2D eigenvalue weighted by atomic mass is 19.1. The van der Waals surface area contributed by atoms with E-state index in [1.165, 1.54) is 22.0 Å². The van der Waals surface area contributed by atoms with Gasteiger partial charge in [0.2, 0.25) is 0 Å². The number of anilines is 1. The number of aromatic nitrogens is 1. The number of carbonyl (C=O) groups is 2. The van der Waals surface area contributed by atoms with Crippen molar-refractivity contribution in [1.82, 2.24) is 15.2 Å². The van der Waals surface area contributed by atoms with E-state index in [9.17, 15) is 19.1 Å². The van der Waals surface area contributed by atoms with Crippen LogP contribution < -0.4 is 4.90 Å². The lowest BCUT2D eigenvalue weighted by Gasteiger charge is -2.31. The first-order chi connectivity index (χ1) is 14.7. The number of likely N-dealkylation sites (N-methyl/N-ethyl adjacent to an activating group) is 1. The maximum absolute atomic E-state index is 13.5. The van der Waals surface area contributed by atoms with Gasteiger partial charge in [-0.05, 0) is 48.7 Å². The molecule has 3 aromatic rings. The molecular formula is C22H23FN4O4. The minimum absolute atomic E-state index is 0.135. The largest absolute Gasteiger partial charge is 0.480 e. The molecule has 1 aliphatic rings.